The molecule has 1 heteroatoms. The van der Waals surface area contributed by atoms with E-state index in [1.807, 2.05) is 27.7 Å². The Balaban J connectivity index is 0.000000355. The van der Waals surface area contributed by atoms with Crippen LogP contribution in [-0.2, 0) is 0 Å². The second kappa shape index (κ2) is 24.3. The molecule has 0 fully saturated rings. The maximum Gasteiger partial charge on any atom is 0.0488 e. The van der Waals surface area contributed by atoms with Gasteiger partial charge in [-0.3, -0.25) is 0 Å². The molecule has 0 aromatic heterocycles. The molecule has 1 nitrogen and oxygen atoms in total. The van der Waals surface area contributed by atoms with Crippen molar-refractivity contribution in [2.45, 2.75) is 132 Å². The standard InChI is InChI=1S/C21H23N.3C6H10.2C2H6/c1-14-10-12-20(17(4)16(14)3)22(5)21-13-11-15(2)18-8-6-7-9-19(18)21;3*1-2-4-6-5-3-1;2*1-2/h6-13H,1-5H3;3*1-2H,3-6H2;2*1-2H3. The Kier molecular flexibility index (Phi) is 21.5. The third kappa shape index (κ3) is 13.7. The lowest BCUT2D eigenvalue weighted by Gasteiger charge is -2.25. The SMILES string of the molecule is C1=CCCCC1.C1=CCCCC1.C1=CCCCC1.CC.CC.Cc1ccc(N(C)c2ccc(C)c3ccccc23)c(C)c1C. The van der Waals surface area contributed by atoms with Gasteiger partial charge in [-0.2, -0.15) is 0 Å². The third-order valence-corrected chi connectivity index (χ3v) is 8.35. The molecule has 0 heterocycles. The molecule has 3 aromatic carbocycles. The van der Waals surface area contributed by atoms with Crippen LogP contribution in [0.15, 0.2) is 85.0 Å². The lowest BCUT2D eigenvalue weighted by molar-refractivity contribution is 0.730. The highest BCUT2D eigenvalue weighted by molar-refractivity contribution is 5.98. The predicted molar refractivity (Wildman–Crippen MR) is 203 cm³/mol. The molecule has 0 saturated carbocycles. The van der Waals surface area contributed by atoms with E-state index >= 15 is 0 Å². The van der Waals surface area contributed by atoms with Crippen LogP contribution < -0.4 is 4.90 Å². The number of hydrogen-bond acceptors (Lipinski definition) is 1. The fourth-order valence-corrected chi connectivity index (χ4v) is 5.44. The zero-order chi connectivity index (χ0) is 32.6. The van der Waals surface area contributed by atoms with Crippen molar-refractivity contribution in [3.63, 3.8) is 0 Å². The molecule has 0 radical (unpaired) electrons. The highest BCUT2D eigenvalue weighted by atomic mass is 15.1. The summed E-state index contributed by atoms with van der Waals surface area (Å²) in [5.74, 6) is 0. The van der Waals surface area contributed by atoms with Gasteiger partial charge in [-0.25, -0.2) is 0 Å². The fourth-order valence-electron chi connectivity index (χ4n) is 5.44. The monoisotopic (exact) mass is 596 g/mol. The van der Waals surface area contributed by atoms with Crippen LogP contribution in [-0.4, -0.2) is 7.05 Å². The molecular formula is C43H65N. The summed E-state index contributed by atoms with van der Waals surface area (Å²) in [5, 5.41) is 2.64. The molecule has 242 valence electrons. The Bertz CT molecular complexity index is 1190. The Morgan fingerprint density at radius 2 is 0.773 bits per heavy atom. The summed E-state index contributed by atoms with van der Waals surface area (Å²) in [6.45, 7) is 16.8. The highest BCUT2D eigenvalue weighted by Crippen LogP contribution is 2.35. The summed E-state index contributed by atoms with van der Waals surface area (Å²) in [4.78, 5) is 2.31. The van der Waals surface area contributed by atoms with Crippen LogP contribution in [0.4, 0.5) is 11.4 Å². The summed E-state index contributed by atoms with van der Waals surface area (Å²) >= 11 is 0. The van der Waals surface area contributed by atoms with Gasteiger partial charge >= 0.3 is 0 Å². The van der Waals surface area contributed by atoms with Crippen molar-refractivity contribution in [2.75, 3.05) is 11.9 Å². The van der Waals surface area contributed by atoms with E-state index in [0.29, 0.717) is 0 Å². The van der Waals surface area contributed by atoms with E-state index in [1.54, 1.807) is 0 Å². The zero-order valence-electron chi connectivity index (χ0n) is 30.0. The summed E-state index contributed by atoms with van der Waals surface area (Å²) in [6, 6.07) is 17.5. The van der Waals surface area contributed by atoms with Crippen molar-refractivity contribution in [2.24, 2.45) is 0 Å². The highest BCUT2D eigenvalue weighted by Gasteiger charge is 2.13. The molecule has 0 unspecified atom stereocenters. The first-order chi connectivity index (χ1) is 21.5. The number of nitrogens with zero attached hydrogens (tertiary/aromatic N) is 1. The second-order valence-electron chi connectivity index (χ2n) is 11.4. The van der Waals surface area contributed by atoms with E-state index in [1.165, 1.54) is 121 Å². The number of hydrogen-bond donors (Lipinski definition) is 0. The molecule has 0 bridgehead atoms. The summed E-state index contributed by atoms with van der Waals surface area (Å²) < 4.78 is 0. The molecule has 0 atom stereocenters. The average Bonchev–Trinajstić information content (AvgIpc) is 3.12. The molecular weight excluding hydrogens is 530 g/mol. The van der Waals surface area contributed by atoms with Crippen LogP contribution >= 0.6 is 0 Å². The first-order valence-electron chi connectivity index (χ1n) is 17.7. The molecule has 3 aliphatic carbocycles. The van der Waals surface area contributed by atoms with Gasteiger partial charge in [0, 0.05) is 23.8 Å². The largest absolute Gasteiger partial charge is 0.344 e. The number of aryl methyl sites for hydroxylation is 2. The van der Waals surface area contributed by atoms with Crippen LogP contribution in [0.25, 0.3) is 10.8 Å². The van der Waals surface area contributed by atoms with Gasteiger partial charge in [0.05, 0.1) is 0 Å². The van der Waals surface area contributed by atoms with Gasteiger partial charge < -0.3 is 4.90 Å². The van der Waals surface area contributed by atoms with Crippen LogP contribution in [0.3, 0.4) is 0 Å². The van der Waals surface area contributed by atoms with Gasteiger partial charge in [-0.15, -0.1) is 0 Å². The number of rotatable bonds is 2. The molecule has 0 N–H and O–H groups in total. The van der Waals surface area contributed by atoms with Crippen molar-refractivity contribution in [3.05, 3.63) is 107 Å². The lowest BCUT2D eigenvalue weighted by Crippen LogP contribution is -2.12. The quantitative estimate of drug-likeness (QED) is 0.266. The van der Waals surface area contributed by atoms with Crippen LogP contribution in [0.2, 0.25) is 0 Å². The summed E-state index contributed by atoms with van der Waals surface area (Å²) in [5.41, 5.74) is 7.94. The summed E-state index contributed by atoms with van der Waals surface area (Å²) in [6.07, 6.45) is 30.0. The van der Waals surface area contributed by atoms with Crippen molar-refractivity contribution >= 4 is 22.1 Å². The Hall–Kier alpha value is -3.06. The molecule has 0 amide bonds. The molecule has 3 aliphatic rings. The molecule has 0 saturated heterocycles. The minimum Gasteiger partial charge on any atom is -0.344 e. The number of anilines is 2. The van der Waals surface area contributed by atoms with E-state index < -0.39 is 0 Å². The molecule has 0 spiro atoms. The van der Waals surface area contributed by atoms with Gasteiger partial charge in [0.1, 0.15) is 0 Å². The van der Waals surface area contributed by atoms with Crippen LogP contribution in [0.1, 0.15) is 127 Å². The fraction of sp³-hybridized carbons (Fsp3) is 0.488. The molecule has 6 rings (SSSR count). The van der Waals surface area contributed by atoms with Gasteiger partial charge in [0.25, 0.3) is 0 Å². The zero-order valence-corrected chi connectivity index (χ0v) is 30.0. The Labute approximate surface area is 273 Å². The predicted octanol–water partition coefficient (Wildman–Crippen LogP) is 14.2. The minimum absolute atomic E-state index is 1.26. The van der Waals surface area contributed by atoms with Gasteiger partial charge in [0.15, 0.2) is 0 Å². The first kappa shape index (κ1) is 39.0. The van der Waals surface area contributed by atoms with Crippen molar-refractivity contribution in [3.8, 4) is 0 Å². The summed E-state index contributed by atoms with van der Waals surface area (Å²) in [7, 11) is 2.16. The van der Waals surface area contributed by atoms with Gasteiger partial charge in [-0.1, -0.05) is 101 Å². The van der Waals surface area contributed by atoms with Gasteiger partial charge in [0.2, 0.25) is 0 Å². The van der Waals surface area contributed by atoms with E-state index in [4.69, 9.17) is 0 Å². The van der Waals surface area contributed by atoms with E-state index in [2.05, 4.69) is 125 Å². The number of benzene rings is 3. The van der Waals surface area contributed by atoms with E-state index in [9.17, 15) is 0 Å². The smallest absolute Gasteiger partial charge is 0.0488 e. The maximum atomic E-state index is 2.31. The normalized spacial score (nSPS) is 14.5. The lowest BCUT2D eigenvalue weighted by atomic mass is 10.00. The second-order valence-corrected chi connectivity index (χ2v) is 11.4. The topological polar surface area (TPSA) is 3.24 Å². The maximum absolute atomic E-state index is 2.31. The third-order valence-electron chi connectivity index (χ3n) is 8.35. The molecule has 44 heavy (non-hydrogen) atoms. The minimum atomic E-state index is 1.26. The number of fused-ring (bicyclic) bond motifs is 1. The van der Waals surface area contributed by atoms with Crippen molar-refractivity contribution in [1.29, 1.82) is 0 Å². The van der Waals surface area contributed by atoms with Crippen molar-refractivity contribution in [1.82, 2.24) is 0 Å². The van der Waals surface area contributed by atoms with E-state index in [0.717, 1.165) is 0 Å². The van der Waals surface area contributed by atoms with Crippen LogP contribution in [0.5, 0.6) is 0 Å². The average molecular weight is 596 g/mol. The molecule has 3 aromatic rings. The van der Waals surface area contributed by atoms with E-state index in [-0.39, 0.29) is 0 Å². The Morgan fingerprint density at radius 1 is 0.409 bits per heavy atom. The van der Waals surface area contributed by atoms with Crippen molar-refractivity contribution < 1.29 is 0 Å². The number of allylic oxidation sites excluding steroid dienone is 6. The molecule has 0 aliphatic heterocycles. The van der Waals surface area contributed by atoms with Crippen LogP contribution in [0, 0.1) is 27.7 Å². The Morgan fingerprint density at radius 3 is 1.16 bits per heavy atom. The first-order valence-corrected chi connectivity index (χ1v) is 17.7. The van der Waals surface area contributed by atoms with Gasteiger partial charge in [-0.05, 0) is 145 Å².